The van der Waals surface area contributed by atoms with Crippen LogP contribution in [0, 0.1) is 50.2 Å². The number of aliphatic hydroxyl groups is 5. The highest BCUT2D eigenvalue weighted by molar-refractivity contribution is 5.83. The third-order valence-electron chi connectivity index (χ3n) is 16.1. The van der Waals surface area contributed by atoms with Crippen LogP contribution in [0.4, 0.5) is 0 Å². The van der Waals surface area contributed by atoms with Crippen LogP contribution in [0.5, 0.6) is 0 Å². The average Bonchev–Trinajstić information content (AvgIpc) is 3.72. The number of ether oxygens (including phenoxy) is 4. The van der Waals surface area contributed by atoms with Crippen LogP contribution in [0.3, 0.4) is 0 Å². The monoisotopic (exact) mass is 634 g/mol. The summed E-state index contributed by atoms with van der Waals surface area (Å²) in [5, 5.41) is 54.0. The number of rotatable bonds is 3. The van der Waals surface area contributed by atoms with Gasteiger partial charge in [-0.25, -0.2) is 0 Å². The molecule has 45 heavy (non-hydrogen) atoms. The maximum atomic E-state index is 14.0. The molecule has 17 atom stereocenters. The molecule has 5 saturated carbocycles. The van der Waals surface area contributed by atoms with Gasteiger partial charge in [-0.15, -0.1) is 0 Å². The molecule has 5 N–H and O–H groups in total. The smallest absolute Gasteiger partial charge is 0.315 e. The maximum absolute atomic E-state index is 14.0. The van der Waals surface area contributed by atoms with Crippen molar-refractivity contribution in [2.75, 3.05) is 13.2 Å². The van der Waals surface area contributed by atoms with Gasteiger partial charge in [-0.1, -0.05) is 41.5 Å². The van der Waals surface area contributed by atoms with E-state index in [1.165, 1.54) is 0 Å². The van der Waals surface area contributed by atoms with Crippen LogP contribution in [0.15, 0.2) is 0 Å². The first-order chi connectivity index (χ1) is 21.0. The molecule has 5 aliphatic carbocycles. The lowest BCUT2D eigenvalue weighted by Gasteiger charge is -2.73. The Bertz CT molecular complexity index is 1270. The fraction of sp³-hybridized carbons (Fsp3) is 0.971. The molecule has 3 saturated heterocycles. The minimum Gasteiger partial charge on any atom is -0.455 e. The minimum absolute atomic E-state index is 0.0456. The molecule has 8 aliphatic rings. The molecule has 0 aromatic rings. The summed E-state index contributed by atoms with van der Waals surface area (Å²) in [5.41, 5.74) is -3.25. The molecule has 254 valence electrons. The van der Waals surface area contributed by atoms with E-state index in [2.05, 4.69) is 41.5 Å². The zero-order chi connectivity index (χ0) is 32.3. The van der Waals surface area contributed by atoms with E-state index in [4.69, 9.17) is 18.9 Å². The second-order valence-electron chi connectivity index (χ2n) is 18.3. The van der Waals surface area contributed by atoms with Crippen LogP contribution >= 0.6 is 0 Å². The van der Waals surface area contributed by atoms with Crippen LogP contribution < -0.4 is 0 Å². The minimum atomic E-state index is -1.39. The Balaban J connectivity index is 1.16. The van der Waals surface area contributed by atoms with Crippen molar-refractivity contribution < 1.29 is 49.3 Å². The molecule has 1 unspecified atom stereocenters. The second-order valence-corrected chi connectivity index (χ2v) is 18.3. The number of aliphatic hydroxyl groups excluding tert-OH is 5. The van der Waals surface area contributed by atoms with E-state index in [0.29, 0.717) is 19.3 Å². The molecule has 8 rings (SSSR count). The van der Waals surface area contributed by atoms with Crippen LogP contribution in [0.2, 0.25) is 0 Å². The molecule has 2 bridgehead atoms. The SMILES string of the molecule is CC1(C)CC[C@@]23C(=O)O[C@]4(C2C1)[C@H]1O[C@H]1[C@@H]1[C@@]2(C)CC[C@H](O[C@@H]5OC[C@H](O)[C@H](O)[C@H]5O)[C@@](C)(CO)[C@@H]2CC[C@@]1(C)[C@]4(C)C[C@H]3O. The summed E-state index contributed by atoms with van der Waals surface area (Å²) in [6.45, 7) is 13.4. The standard InChI is InChI=1S/C35H54O10/c1-29(2)11-12-34-19(13-29)35(45-28(34)41)26-24(44-26)25-30(3)9-8-21(43-27-23(40)22(39)17(37)15-42-27)31(4,16-36)18(30)7-10-32(25,5)33(35,6)14-20(34)38/h17-27,36-40H,7-16H2,1-6H3/t17-,18+,19?,20+,21-,22-,23+,24-,25+,26-,27-,30-,31-,32+,33-,34+,35+/m0/s1. The summed E-state index contributed by atoms with van der Waals surface area (Å²) in [6.07, 6.45) is -0.490. The third kappa shape index (κ3) is 3.47. The van der Waals surface area contributed by atoms with Crippen molar-refractivity contribution in [3.05, 3.63) is 0 Å². The van der Waals surface area contributed by atoms with Crippen molar-refractivity contribution in [1.82, 2.24) is 0 Å². The molecule has 10 heteroatoms. The fourth-order valence-electron chi connectivity index (χ4n) is 13.5. The number of fused-ring (bicyclic) bond motifs is 6. The number of carbonyl (C=O) groups excluding carboxylic acids is 1. The van der Waals surface area contributed by atoms with E-state index in [1.54, 1.807) is 0 Å². The largest absolute Gasteiger partial charge is 0.455 e. The van der Waals surface area contributed by atoms with Gasteiger partial charge in [0, 0.05) is 16.7 Å². The van der Waals surface area contributed by atoms with Gasteiger partial charge in [0.15, 0.2) is 11.9 Å². The lowest BCUT2D eigenvalue weighted by Crippen LogP contribution is -2.76. The predicted octanol–water partition coefficient (Wildman–Crippen LogP) is 2.30. The summed E-state index contributed by atoms with van der Waals surface area (Å²) in [7, 11) is 0. The lowest BCUT2D eigenvalue weighted by molar-refractivity contribution is -0.321. The van der Waals surface area contributed by atoms with E-state index in [1.807, 2.05) is 0 Å². The number of epoxide rings is 1. The van der Waals surface area contributed by atoms with Gasteiger partial charge in [-0.05, 0) is 79.4 Å². The highest BCUT2D eigenvalue weighted by Gasteiger charge is 2.90. The molecular weight excluding hydrogens is 580 g/mol. The van der Waals surface area contributed by atoms with Gasteiger partial charge < -0.3 is 44.5 Å². The van der Waals surface area contributed by atoms with Crippen LogP contribution in [-0.4, -0.2) is 99.3 Å². The van der Waals surface area contributed by atoms with Crippen LogP contribution in [0.1, 0.15) is 92.9 Å². The van der Waals surface area contributed by atoms with E-state index in [0.717, 1.165) is 32.1 Å². The van der Waals surface area contributed by atoms with E-state index in [-0.39, 0.29) is 65.4 Å². The Morgan fingerprint density at radius 1 is 0.889 bits per heavy atom. The summed E-state index contributed by atoms with van der Waals surface area (Å²) >= 11 is 0. The normalized spacial score (nSPS) is 62.5. The molecule has 0 aromatic carbocycles. The van der Waals surface area contributed by atoms with E-state index in [9.17, 15) is 30.3 Å². The zero-order valence-electron chi connectivity index (χ0n) is 27.7. The van der Waals surface area contributed by atoms with Crippen molar-refractivity contribution in [3.63, 3.8) is 0 Å². The zero-order valence-corrected chi connectivity index (χ0v) is 27.7. The van der Waals surface area contributed by atoms with Crippen molar-refractivity contribution in [2.45, 2.75) is 148 Å². The quantitative estimate of drug-likeness (QED) is 0.177. The Labute approximate surface area is 266 Å². The molecule has 8 fully saturated rings. The number of hydrogen-bond donors (Lipinski definition) is 5. The molecule has 3 aliphatic heterocycles. The van der Waals surface area contributed by atoms with Crippen molar-refractivity contribution in [1.29, 1.82) is 0 Å². The van der Waals surface area contributed by atoms with Gasteiger partial charge >= 0.3 is 5.97 Å². The summed E-state index contributed by atoms with van der Waals surface area (Å²) in [5.74, 6) is -0.111. The summed E-state index contributed by atoms with van der Waals surface area (Å²) < 4.78 is 25.6. The Morgan fingerprint density at radius 2 is 1.62 bits per heavy atom. The van der Waals surface area contributed by atoms with Crippen molar-refractivity contribution in [2.24, 2.45) is 50.2 Å². The van der Waals surface area contributed by atoms with Crippen LogP contribution in [0.25, 0.3) is 0 Å². The van der Waals surface area contributed by atoms with Gasteiger partial charge in [0.05, 0.1) is 31.5 Å². The van der Waals surface area contributed by atoms with Crippen LogP contribution in [-0.2, 0) is 23.7 Å². The lowest BCUT2D eigenvalue weighted by atomic mass is 9.30. The van der Waals surface area contributed by atoms with Crippen molar-refractivity contribution >= 4 is 5.97 Å². The van der Waals surface area contributed by atoms with Gasteiger partial charge in [0.1, 0.15) is 29.8 Å². The maximum Gasteiger partial charge on any atom is 0.315 e. The molecule has 1 spiro atoms. The highest BCUT2D eigenvalue weighted by atomic mass is 16.7. The van der Waals surface area contributed by atoms with E-state index < -0.39 is 58.7 Å². The number of hydrogen-bond acceptors (Lipinski definition) is 10. The van der Waals surface area contributed by atoms with Gasteiger partial charge in [0.25, 0.3) is 0 Å². The molecule has 0 radical (unpaired) electrons. The van der Waals surface area contributed by atoms with Gasteiger partial charge in [0.2, 0.25) is 0 Å². The Morgan fingerprint density at radius 3 is 2.33 bits per heavy atom. The summed E-state index contributed by atoms with van der Waals surface area (Å²) in [4.78, 5) is 14.0. The predicted molar refractivity (Wildman–Crippen MR) is 159 cm³/mol. The highest BCUT2D eigenvalue weighted by Crippen LogP contribution is 2.83. The van der Waals surface area contributed by atoms with E-state index >= 15 is 0 Å². The molecule has 10 nitrogen and oxygen atoms in total. The topological polar surface area (TPSA) is 158 Å². The molecular formula is C35H54O10. The molecule has 0 aromatic heterocycles. The first-order valence-corrected chi connectivity index (χ1v) is 17.5. The number of carbonyl (C=O) groups is 1. The first-order valence-electron chi connectivity index (χ1n) is 17.5. The third-order valence-corrected chi connectivity index (χ3v) is 16.1. The first kappa shape index (κ1) is 31.4. The molecule has 0 amide bonds. The summed E-state index contributed by atoms with van der Waals surface area (Å²) in [6, 6.07) is 0. The van der Waals surface area contributed by atoms with Crippen molar-refractivity contribution in [3.8, 4) is 0 Å². The van der Waals surface area contributed by atoms with Gasteiger partial charge in [-0.3, -0.25) is 4.79 Å². The fourth-order valence-corrected chi connectivity index (χ4v) is 13.5. The molecule has 3 heterocycles. The number of esters is 1. The van der Waals surface area contributed by atoms with Gasteiger partial charge in [-0.2, -0.15) is 0 Å². The second kappa shape index (κ2) is 9.23. The Kier molecular flexibility index (Phi) is 6.44. The Hall–Kier alpha value is -0.850. The average molecular weight is 635 g/mol.